The number of carbonyl (C=O) groups excluding carboxylic acids is 1. The minimum absolute atomic E-state index is 0.319. The summed E-state index contributed by atoms with van der Waals surface area (Å²) >= 11 is 0. The molecule has 100 valence electrons. The van der Waals surface area contributed by atoms with Crippen LogP contribution in [-0.4, -0.2) is 23.6 Å². The van der Waals surface area contributed by atoms with Crippen LogP contribution in [0, 0.1) is 5.82 Å². The van der Waals surface area contributed by atoms with Gasteiger partial charge in [-0.1, -0.05) is 18.2 Å². The molecule has 1 amide bonds. The van der Waals surface area contributed by atoms with E-state index in [1.54, 1.807) is 52.9 Å². The summed E-state index contributed by atoms with van der Waals surface area (Å²) in [7, 11) is 1.60. The zero-order valence-electron chi connectivity index (χ0n) is 11.5. The van der Waals surface area contributed by atoms with E-state index < -0.39 is 11.7 Å². The maximum Gasteiger partial charge on any atom is 0.410 e. The first kappa shape index (κ1) is 14.5. The normalized spacial score (nSPS) is 13.0. The summed E-state index contributed by atoms with van der Waals surface area (Å²) in [5.74, 6) is -0.319. The lowest BCUT2D eigenvalue weighted by atomic mass is 10.1. The number of carbonyl (C=O) groups is 1. The summed E-state index contributed by atoms with van der Waals surface area (Å²) in [6.45, 7) is 7.16. The molecule has 0 saturated carbocycles. The molecule has 0 bridgehead atoms. The van der Waals surface area contributed by atoms with Gasteiger partial charge in [-0.25, -0.2) is 9.18 Å². The van der Waals surface area contributed by atoms with Crippen molar-refractivity contribution in [2.24, 2.45) is 0 Å². The van der Waals surface area contributed by atoms with Crippen molar-refractivity contribution in [3.63, 3.8) is 0 Å². The number of hydrogen-bond acceptors (Lipinski definition) is 2. The molecule has 0 spiro atoms. The molecule has 0 aromatic heterocycles. The molecule has 0 N–H and O–H groups in total. The highest BCUT2D eigenvalue weighted by molar-refractivity contribution is 5.68. The molecule has 1 rings (SSSR count). The average molecular weight is 253 g/mol. The highest BCUT2D eigenvalue weighted by Gasteiger charge is 2.24. The molecule has 0 heterocycles. The maximum absolute atomic E-state index is 13.6. The third kappa shape index (κ3) is 3.72. The van der Waals surface area contributed by atoms with E-state index in [1.807, 2.05) is 0 Å². The predicted molar refractivity (Wildman–Crippen MR) is 68.8 cm³/mol. The Morgan fingerprint density at radius 2 is 1.89 bits per heavy atom. The first-order valence-corrected chi connectivity index (χ1v) is 5.92. The molecule has 0 unspecified atom stereocenters. The van der Waals surface area contributed by atoms with Gasteiger partial charge in [0, 0.05) is 12.6 Å². The highest BCUT2D eigenvalue weighted by Crippen LogP contribution is 2.23. The molecule has 0 aliphatic heterocycles. The van der Waals surface area contributed by atoms with Crippen molar-refractivity contribution in [2.45, 2.75) is 39.3 Å². The van der Waals surface area contributed by atoms with Crippen molar-refractivity contribution in [3.8, 4) is 0 Å². The number of benzene rings is 1. The van der Waals surface area contributed by atoms with Gasteiger partial charge in [-0.2, -0.15) is 0 Å². The van der Waals surface area contributed by atoms with Gasteiger partial charge in [-0.05, 0) is 33.8 Å². The van der Waals surface area contributed by atoms with E-state index in [1.165, 1.54) is 11.0 Å². The van der Waals surface area contributed by atoms with Gasteiger partial charge < -0.3 is 9.64 Å². The minimum Gasteiger partial charge on any atom is -0.444 e. The van der Waals surface area contributed by atoms with Gasteiger partial charge in [-0.3, -0.25) is 0 Å². The molecule has 0 fully saturated rings. The van der Waals surface area contributed by atoms with Crippen LogP contribution >= 0.6 is 0 Å². The molecular formula is C14H20FNO2. The smallest absolute Gasteiger partial charge is 0.410 e. The van der Waals surface area contributed by atoms with Crippen molar-refractivity contribution in [2.75, 3.05) is 7.05 Å². The van der Waals surface area contributed by atoms with E-state index in [9.17, 15) is 9.18 Å². The molecule has 1 atom stereocenters. The maximum atomic E-state index is 13.6. The summed E-state index contributed by atoms with van der Waals surface area (Å²) in [6, 6.07) is 6.05. The molecule has 0 radical (unpaired) electrons. The van der Waals surface area contributed by atoms with E-state index in [0.29, 0.717) is 5.56 Å². The van der Waals surface area contributed by atoms with Crippen molar-refractivity contribution in [1.29, 1.82) is 0 Å². The average Bonchev–Trinajstić information content (AvgIpc) is 2.25. The van der Waals surface area contributed by atoms with Crippen LogP contribution < -0.4 is 0 Å². The molecule has 0 aliphatic carbocycles. The fourth-order valence-corrected chi connectivity index (χ4v) is 1.51. The van der Waals surface area contributed by atoms with Gasteiger partial charge in [-0.15, -0.1) is 0 Å². The summed E-state index contributed by atoms with van der Waals surface area (Å²) in [6.07, 6.45) is -0.460. The van der Waals surface area contributed by atoms with Crippen LogP contribution in [0.1, 0.15) is 39.3 Å². The lowest BCUT2D eigenvalue weighted by Gasteiger charge is -2.29. The van der Waals surface area contributed by atoms with E-state index in [4.69, 9.17) is 4.74 Å². The van der Waals surface area contributed by atoms with Crippen LogP contribution in [0.15, 0.2) is 24.3 Å². The number of amides is 1. The molecule has 1 aromatic carbocycles. The topological polar surface area (TPSA) is 29.5 Å². The first-order valence-electron chi connectivity index (χ1n) is 5.92. The fourth-order valence-electron chi connectivity index (χ4n) is 1.51. The highest BCUT2D eigenvalue weighted by atomic mass is 19.1. The van der Waals surface area contributed by atoms with Crippen molar-refractivity contribution >= 4 is 6.09 Å². The van der Waals surface area contributed by atoms with Crippen LogP contribution in [0.2, 0.25) is 0 Å². The number of hydrogen-bond donors (Lipinski definition) is 0. The number of nitrogens with zero attached hydrogens (tertiary/aromatic N) is 1. The van der Waals surface area contributed by atoms with Crippen molar-refractivity contribution < 1.29 is 13.9 Å². The quantitative estimate of drug-likeness (QED) is 0.803. The third-order valence-electron chi connectivity index (χ3n) is 2.62. The summed E-state index contributed by atoms with van der Waals surface area (Å²) in [4.78, 5) is 13.3. The zero-order valence-corrected chi connectivity index (χ0v) is 11.5. The molecule has 18 heavy (non-hydrogen) atoms. The number of ether oxygens (including phenoxy) is 1. The number of rotatable bonds is 2. The zero-order chi connectivity index (χ0) is 13.9. The Morgan fingerprint density at radius 3 is 2.39 bits per heavy atom. The van der Waals surface area contributed by atoms with Gasteiger partial charge in [0.2, 0.25) is 0 Å². The Hall–Kier alpha value is -1.58. The van der Waals surface area contributed by atoms with E-state index in [0.717, 1.165) is 0 Å². The SMILES string of the molecule is C[C@H](c1ccccc1F)N(C)C(=O)OC(C)(C)C. The second-order valence-electron chi connectivity index (χ2n) is 5.29. The van der Waals surface area contributed by atoms with E-state index in [2.05, 4.69) is 0 Å². The van der Waals surface area contributed by atoms with Crippen molar-refractivity contribution in [1.82, 2.24) is 4.90 Å². The second-order valence-corrected chi connectivity index (χ2v) is 5.29. The minimum atomic E-state index is -0.555. The molecular weight excluding hydrogens is 233 g/mol. The van der Waals surface area contributed by atoms with E-state index >= 15 is 0 Å². The van der Waals surface area contributed by atoms with Crippen LogP contribution in [0.4, 0.5) is 9.18 Å². The molecule has 0 saturated heterocycles. The fraction of sp³-hybridized carbons (Fsp3) is 0.500. The first-order chi connectivity index (χ1) is 8.22. The lowest BCUT2D eigenvalue weighted by Crippen LogP contribution is -2.36. The standard InChI is InChI=1S/C14H20FNO2/c1-10(11-8-6-7-9-12(11)15)16(5)13(17)18-14(2,3)4/h6-10H,1-5H3/t10-/m1/s1. The van der Waals surface area contributed by atoms with Crippen LogP contribution in [0.5, 0.6) is 0 Å². The third-order valence-corrected chi connectivity index (χ3v) is 2.62. The Labute approximate surface area is 108 Å². The summed E-state index contributed by atoms with van der Waals surface area (Å²) in [5.41, 5.74) is -0.0776. The Bertz CT molecular complexity index is 426. The van der Waals surface area contributed by atoms with Gasteiger partial charge in [0.1, 0.15) is 11.4 Å². The predicted octanol–water partition coefficient (Wildman–Crippen LogP) is 3.75. The lowest BCUT2D eigenvalue weighted by molar-refractivity contribution is 0.0231. The van der Waals surface area contributed by atoms with Gasteiger partial charge >= 0.3 is 6.09 Å². The van der Waals surface area contributed by atoms with Gasteiger partial charge in [0.05, 0.1) is 6.04 Å². The van der Waals surface area contributed by atoms with E-state index in [-0.39, 0.29) is 11.9 Å². The van der Waals surface area contributed by atoms with Crippen LogP contribution in [0.3, 0.4) is 0 Å². The van der Waals surface area contributed by atoms with Crippen molar-refractivity contribution in [3.05, 3.63) is 35.6 Å². The monoisotopic (exact) mass is 253 g/mol. The van der Waals surface area contributed by atoms with Gasteiger partial charge in [0.15, 0.2) is 0 Å². The molecule has 3 nitrogen and oxygen atoms in total. The summed E-state index contributed by atoms with van der Waals surface area (Å²) < 4.78 is 18.9. The van der Waals surface area contributed by atoms with Crippen LogP contribution in [-0.2, 0) is 4.74 Å². The molecule has 0 aliphatic rings. The largest absolute Gasteiger partial charge is 0.444 e. The molecule has 1 aromatic rings. The van der Waals surface area contributed by atoms with Crippen LogP contribution in [0.25, 0.3) is 0 Å². The molecule has 4 heteroatoms. The number of halogens is 1. The van der Waals surface area contributed by atoms with Gasteiger partial charge in [0.25, 0.3) is 0 Å². The Kier molecular flexibility index (Phi) is 4.33. The Morgan fingerprint density at radius 1 is 1.33 bits per heavy atom. The summed E-state index contributed by atoms with van der Waals surface area (Å²) in [5, 5.41) is 0. The Balaban J connectivity index is 2.82. The second kappa shape index (κ2) is 5.38.